The summed E-state index contributed by atoms with van der Waals surface area (Å²) in [7, 11) is 1.81. The summed E-state index contributed by atoms with van der Waals surface area (Å²) in [6, 6.07) is 4.21. The molecule has 0 spiro atoms. The van der Waals surface area contributed by atoms with Gasteiger partial charge in [-0.2, -0.15) is 0 Å². The van der Waals surface area contributed by atoms with Gasteiger partial charge in [0.2, 0.25) is 0 Å². The number of methoxy groups -OCH3 is 1. The molecule has 2 saturated heterocycles. The number of amides is 1. The molecule has 0 radical (unpaired) electrons. The number of rotatable bonds is 3. The fourth-order valence-electron chi connectivity index (χ4n) is 5.06. The Bertz CT molecular complexity index is 644. The van der Waals surface area contributed by atoms with E-state index in [1.165, 1.54) is 12.8 Å². The Labute approximate surface area is 150 Å². The molecule has 1 aromatic heterocycles. The van der Waals surface area contributed by atoms with Crippen molar-refractivity contribution >= 4 is 11.7 Å². The van der Waals surface area contributed by atoms with Gasteiger partial charge in [0.1, 0.15) is 5.82 Å². The molecule has 3 fully saturated rings. The van der Waals surface area contributed by atoms with Gasteiger partial charge in [0.25, 0.3) is 5.91 Å². The van der Waals surface area contributed by atoms with E-state index in [1.807, 2.05) is 19.2 Å². The van der Waals surface area contributed by atoms with Crippen molar-refractivity contribution in [1.29, 1.82) is 0 Å². The van der Waals surface area contributed by atoms with Crippen LogP contribution in [0.1, 0.15) is 55.8 Å². The van der Waals surface area contributed by atoms with Gasteiger partial charge < -0.3 is 14.5 Å². The van der Waals surface area contributed by atoms with Crippen molar-refractivity contribution in [3.63, 3.8) is 0 Å². The van der Waals surface area contributed by atoms with Crippen LogP contribution in [-0.2, 0) is 4.74 Å². The first-order chi connectivity index (χ1) is 12.1. The number of hydrogen-bond donors (Lipinski definition) is 0. The Hall–Kier alpha value is -1.62. The number of likely N-dealkylation sites (tertiary alicyclic amines) is 1. The van der Waals surface area contributed by atoms with Crippen molar-refractivity contribution < 1.29 is 9.53 Å². The summed E-state index contributed by atoms with van der Waals surface area (Å²) < 4.78 is 5.60. The fraction of sp³-hybridized carbons (Fsp3) is 0.700. The number of fused-ring (bicyclic) bond motifs is 1. The maximum absolute atomic E-state index is 13.2. The minimum absolute atomic E-state index is 0.174. The van der Waals surface area contributed by atoms with E-state index >= 15 is 0 Å². The SMILES string of the molecule is CO[C@@H]1CC[C@H]2N(C(=O)c3ccnc(N4CCCC4)c3)CC[C@@]2(C)C1. The van der Waals surface area contributed by atoms with Gasteiger partial charge >= 0.3 is 0 Å². The Morgan fingerprint density at radius 2 is 2.08 bits per heavy atom. The van der Waals surface area contributed by atoms with Crippen LogP contribution in [0.15, 0.2) is 18.3 Å². The fourth-order valence-corrected chi connectivity index (χ4v) is 5.06. The maximum Gasteiger partial charge on any atom is 0.254 e. The Balaban J connectivity index is 1.53. The third-order valence-corrected chi connectivity index (χ3v) is 6.58. The van der Waals surface area contributed by atoms with Crippen LogP contribution in [0.4, 0.5) is 5.82 Å². The predicted octanol–water partition coefficient (Wildman–Crippen LogP) is 3.10. The summed E-state index contributed by atoms with van der Waals surface area (Å²) >= 11 is 0. The predicted molar refractivity (Wildman–Crippen MR) is 97.9 cm³/mol. The maximum atomic E-state index is 13.2. The molecule has 1 aromatic rings. The van der Waals surface area contributed by atoms with E-state index in [0.717, 1.165) is 56.7 Å². The first kappa shape index (κ1) is 16.8. The summed E-state index contributed by atoms with van der Waals surface area (Å²) in [6.45, 7) is 5.29. The largest absolute Gasteiger partial charge is 0.381 e. The van der Waals surface area contributed by atoms with Crippen LogP contribution in [0, 0.1) is 5.41 Å². The molecule has 0 bridgehead atoms. The van der Waals surface area contributed by atoms with Crippen LogP contribution >= 0.6 is 0 Å². The second-order valence-electron chi connectivity index (χ2n) is 8.15. The zero-order valence-corrected chi connectivity index (χ0v) is 15.4. The second-order valence-corrected chi connectivity index (χ2v) is 8.15. The number of hydrogen-bond acceptors (Lipinski definition) is 4. The molecule has 0 aromatic carbocycles. The lowest BCUT2D eigenvalue weighted by molar-refractivity contribution is -0.00277. The Morgan fingerprint density at radius 3 is 2.84 bits per heavy atom. The van der Waals surface area contributed by atoms with Crippen molar-refractivity contribution in [3.05, 3.63) is 23.9 Å². The van der Waals surface area contributed by atoms with Crippen LogP contribution in [0.3, 0.4) is 0 Å². The summed E-state index contributed by atoms with van der Waals surface area (Å²) in [5.41, 5.74) is 0.981. The van der Waals surface area contributed by atoms with Crippen LogP contribution in [0.2, 0.25) is 0 Å². The molecule has 1 amide bonds. The molecular formula is C20H29N3O2. The minimum atomic E-state index is 0.174. The third-order valence-electron chi connectivity index (χ3n) is 6.58. The van der Waals surface area contributed by atoms with E-state index in [0.29, 0.717) is 12.1 Å². The van der Waals surface area contributed by atoms with Crippen LogP contribution in [0.25, 0.3) is 0 Å². The van der Waals surface area contributed by atoms with E-state index < -0.39 is 0 Å². The summed E-state index contributed by atoms with van der Waals surface area (Å²) in [4.78, 5) is 22.1. The molecule has 3 heterocycles. The van der Waals surface area contributed by atoms with Gasteiger partial charge in [-0.1, -0.05) is 6.92 Å². The third kappa shape index (κ3) is 3.03. The molecule has 25 heavy (non-hydrogen) atoms. The van der Waals surface area contributed by atoms with Gasteiger partial charge in [-0.3, -0.25) is 4.79 Å². The van der Waals surface area contributed by atoms with Crippen molar-refractivity contribution in [1.82, 2.24) is 9.88 Å². The lowest BCUT2D eigenvalue weighted by Crippen LogP contribution is -2.46. The van der Waals surface area contributed by atoms with Crippen molar-refractivity contribution in [2.24, 2.45) is 5.41 Å². The van der Waals surface area contributed by atoms with E-state index in [2.05, 4.69) is 21.7 Å². The number of aromatic nitrogens is 1. The number of carbonyl (C=O) groups excluding carboxylic acids is 1. The molecule has 5 heteroatoms. The molecule has 1 saturated carbocycles. The zero-order chi connectivity index (χ0) is 17.4. The molecule has 5 nitrogen and oxygen atoms in total. The quantitative estimate of drug-likeness (QED) is 0.846. The average Bonchev–Trinajstić information content (AvgIpc) is 3.28. The lowest BCUT2D eigenvalue weighted by Gasteiger charge is -2.42. The molecule has 3 aliphatic rings. The Kier molecular flexibility index (Phi) is 4.44. The molecular weight excluding hydrogens is 314 g/mol. The molecule has 3 atom stereocenters. The molecule has 0 N–H and O–H groups in total. The number of carbonyl (C=O) groups is 1. The van der Waals surface area contributed by atoms with Gasteiger partial charge in [0, 0.05) is 44.5 Å². The van der Waals surface area contributed by atoms with Crippen molar-refractivity contribution in [3.8, 4) is 0 Å². The van der Waals surface area contributed by atoms with Crippen LogP contribution in [0.5, 0.6) is 0 Å². The molecule has 4 rings (SSSR count). The highest BCUT2D eigenvalue weighted by Gasteiger charge is 2.49. The molecule has 1 aliphatic carbocycles. The highest BCUT2D eigenvalue weighted by Crippen LogP contribution is 2.47. The topological polar surface area (TPSA) is 45.7 Å². The van der Waals surface area contributed by atoms with E-state index in [-0.39, 0.29) is 11.3 Å². The van der Waals surface area contributed by atoms with E-state index in [1.54, 1.807) is 6.20 Å². The zero-order valence-electron chi connectivity index (χ0n) is 15.4. The van der Waals surface area contributed by atoms with E-state index in [4.69, 9.17) is 4.74 Å². The van der Waals surface area contributed by atoms with Crippen LogP contribution in [-0.4, -0.2) is 54.7 Å². The first-order valence-corrected chi connectivity index (χ1v) is 9.65. The van der Waals surface area contributed by atoms with Crippen LogP contribution < -0.4 is 4.90 Å². The Morgan fingerprint density at radius 1 is 1.28 bits per heavy atom. The smallest absolute Gasteiger partial charge is 0.254 e. The molecule has 2 aliphatic heterocycles. The minimum Gasteiger partial charge on any atom is -0.381 e. The monoisotopic (exact) mass is 343 g/mol. The van der Waals surface area contributed by atoms with Crippen molar-refractivity contribution in [2.75, 3.05) is 31.6 Å². The summed E-state index contributed by atoms with van der Waals surface area (Å²) in [5.74, 6) is 1.13. The molecule has 0 unspecified atom stereocenters. The highest BCUT2D eigenvalue weighted by molar-refractivity contribution is 5.95. The average molecular weight is 343 g/mol. The standard InChI is InChI=1S/C20H29N3O2/c1-20-8-12-23(17(20)6-5-16(14-20)25-2)19(24)15-7-9-21-18(13-15)22-10-3-4-11-22/h7,9,13,16-17H,3-6,8,10-12,14H2,1-2H3/t16-,17-,20+/m1/s1. The second kappa shape index (κ2) is 6.60. The first-order valence-electron chi connectivity index (χ1n) is 9.65. The number of ether oxygens (including phenoxy) is 1. The normalized spacial score (nSPS) is 32.1. The van der Waals surface area contributed by atoms with Gasteiger partial charge in [0.15, 0.2) is 0 Å². The highest BCUT2D eigenvalue weighted by atomic mass is 16.5. The summed E-state index contributed by atoms with van der Waals surface area (Å²) in [5, 5.41) is 0. The number of pyridine rings is 1. The van der Waals surface area contributed by atoms with Gasteiger partial charge in [-0.15, -0.1) is 0 Å². The number of nitrogens with zero attached hydrogens (tertiary/aromatic N) is 3. The van der Waals surface area contributed by atoms with E-state index in [9.17, 15) is 4.79 Å². The molecule has 136 valence electrons. The van der Waals surface area contributed by atoms with Crippen molar-refractivity contribution in [2.45, 2.75) is 57.6 Å². The van der Waals surface area contributed by atoms with Gasteiger partial charge in [0.05, 0.1) is 6.10 Å². The lowest BCUT2D eigenvalue weighted by atomic mass is 9.71. The summed E-state index contributed by atoms with van der Waals surface area (Å²) in [6.07, 6.45) is 8.80. The number of anilines is 1. The van der Waals surface area contributed by atoms with Gasteiger partial charge in [-0.25, -0.2) is 4.98 Å². The van der Waals surface area contributed by atoms with Gasteiger partial charge in [-0.05, 0) is 56.1 Å².